The Morgan fingerprint density at radius 3 is 2.60 bits per heavy atom. The summed E-state index contributed by atoms with van der Waals surface area (Å²) in [5.74, 6) is -4.33. The van der Waals surface area contributed by atoms with Gasteiger partial charge in [-0.25, -0.2) is 0 Å². The minimum absolute atomic E-state index is 0.265. The van der Waals surface area contributed by atoms with E-state index in [-0.39, 0.29) is 5.56 Å². The van der Waals surface area contributed by atoms with E-state index in [0.29, 0.717) is 10.5 Å². The third-order valence-electron chi connectivity index (χ3n) is 3.63. The van der Waals surface area contributed by atoms with Gasteiger partial charge in [-0.2, -0.15) is 0 Å². The Morgan fingerprint density at radius 1 is 1.16 bits per heavy atom. The SMILES string of the molecule is O=C(O)CNC(=O)C1C(=O)Sc2c(cccc2-c2cccnc2)C1=O. The van der Waals surface area contributed by atoms with Crippen LogP contribution >= 0.6 is 11.8 Å². The lowest BCUT2D eigenvalue weighted by Crippen LogP contribution is -2.43. The molecule has 0 saturated carbocycles. The number of amides is 1. The van der Waals surface area contributed by atoms with Crippen LogP contribution in [-0.2, 0) is 14.4 Å². The zero-order chi connectivity index (χ0) is 18.0. The number of Topliss-reactive ketones (excluding diaryl/α,β-unsaturated/α-hetero) is 1. The minimum atomic E-state index is -1.54. The molecule has 3 rings (SSSR count). The first kappa shape index (κ1) is 16.8. The average molecular weight is 356 g/mol. The third kappa shape index (κ3) is 3.29. The number of thioether (sulfide) groups is 1. The molecule has 0 radical (unpaired) electrons. The Balaban J connectivity index is 1.97. The molecule has 126 valence electrons. The highest BCUT2D eigenvalue weighted by atomic mass is 32.2. The van der Waals surface area contributed by atoms with Crippen molar-refractivity contribution in [3.63, 3.8) is 0 Å². The quantitative estimate of drug-likeness (QED) is 0.796. The highest BCUT2D eigenvalue weighted by Gasteiger charge is 2.41. The van der Waals surface area contributed by atoms with Crippen molar-refractivity contribution < 1.29 is 24.3 Å². The molecule has 1 aliphatic heterocycles. The zero-order valence-electron chi connectivity index (χ0n) is 12.8. The number of carboxylic acid groups (broad SMARTS) is 1. The number of rotatable bonds is 4. The summed E-state index contributed by atoms with van der Waals surface area (Å²) >= 11 is 0.812. The first-order valence-corrected chi connectivity index (χ1v) is 8.09. The fourth-order valence-electron chi connectivity index (χ4n) is 2.50. The molecule has 7 nitrogen and oxygen atoms in total. The number of fused-ring (bicyclic) bond motifs is 1. The Labute approximate surface area is 146 Å². The Morgan fingerprint density at radius 2 is 1.92 bits per heavy atom. The molecule has 8 heteroatoms. The topological polar surface area (TPSA) is 113 Å². The van der Waals surface area contributed by atoms with Crippen LogP contribution in [0.15, 0.2) is 47.6 Å². The molecule has 25 heavy (non-hydrogen) atoms. The molecule has 1 unspecified atom stereocenters. The largest absolute Gasteiger partial charge is 0.480 e. The van der Waals surface area contributed by atoms with Crippen molar-refractivity contribution in [2.45, 2.75) is 4.90 Å². The van der Waals surface area contributed by atoms with E-state index in [1.54, 1.807) is 36.7 Å². The van der Waals surface area contributed by atoms with Crippen LogP contribution < -0.4 is 5.32 Å². The van der Waals surface area contributed by atoms with Crippen molar-refractivity contribution in [1.29, 1.82) is 0 Å². The van der Waals surface area contributed by atoms with Gasteiger partial charge >= 0.3 is 5.97 Å². The summed E-state index contributed by atoms with van der Waals surface area (Å²) in [4.78, 5) is 52.1. The van der Waals surface area contributed by atoms with Crippen LogP contribution in [0.3, 0.4) is 0 Å². The average Bonchev–Trinajstić information content (AvgIpc) is 2.60. The van der Waals surface area contributed by atoms with Crippen molar-refractivity contribution in [2.24, 2.45) is 5.92 Å². The number of pyridine rings is 1. The van der Waals surface area contributed by atoms with Crippen LogP contribution in [-0.4, -0.2) is 39.4 Å². The fourth-order valence-corrected chi connectivity index (χ4v) is 3.61. The number of carbonyl (C=O) groups is 4. The van der Waals surface area contributed by atoms with Crippen LogP contribution in [0.25, 0.3) is 11.1 Å². The number of benzene rings is 1. The summed E-state index contributed by atoms with van der Waals surface area (Å²) < 4.78 is 0. The lowest BCUT2D eigenvalue weighted by atomic mass is 9.94. The number of nitrogens with one attached hydrogen (secondary N) is 1. The molecule has 1 aliphatic rings. The molecule has 1 amide bonds. The van der Waals surface area contributed by atoms with Crippen molar-refractivity contribution in [2.75, 3.05) is 6.54 Å². The summed E-state index contributed by atoms with van der Waals surface area (Å²) in [7, 11) is 0. The normalized spacial score (nSPS) is 16.2. The predicted octanol–water partition coefficient (Wildman–Crippen LogP) is 1.38. The van der Waals surface area contributed by atoms with Crippen LogP contribution in [0.2, 0.25) is 0 Å². The maximum absolute atomic E-state index is 12.6. The number of carbonyl (C=O) groups excluding carboxylic acids is 3. The third-order valence-corrected chi connectivity index (χ3v) is 4.71. The number of hydrogen-bond acceptors (Lipinski definition) is 6. The molecule has 0 bridgehead atoms. The number of hydrogen-bond donors (Lipinski definition) is 2. The lowest BCUT2D eigenvalue weighted by molar-refractivity contribution is -0.139. The van der Waals surface area contributed by atoms with Crippen molar-refractivity contribution in [3.8, 4) is 11.1 Å². The van der Waals surface area contributed by atoms with Gasteiger partial charge in [0.1, 0.15) is 6.54 Å². The molecule has 2 heterocycles. The monoisotopic (exact) mass is 356 g/mol. The highest BCUT2D eigenvalue weighted by Crippen LogP contribution is 2.40. The van der Waals surface area contributed by atoms with Crippen LogP contribution in [0.5, 0.6) is 0 Å². The van der Waals surface area contributed by atoms with E-state index in [1.165, 1.54) is 0 Å². The van der Waals surface area contributed by atoms with Crippen molar-refractivity contribution in [3.05, 3.63) is 48.3 Å². The van der Waals surface area contributed by atoms with Crippen molar-refractivity contribution >= 4 is 34.5 Å². The molecular formula is C17H12N2O5S. The Kier molecular flexibility index (Phi) is 4.62. The molecule has 1 atom stereocenters. The number of nitrogens with zero attached hydrogens (tertiary/aromatic N) is 1. The lowest BCUT2D eigenvalue weighted by Gasteiger charge is -2.22. The maximum Gasteiger partial charge on any atom is 0.322 e. The number of carboxylic acids is 1. The maximum atomic E-state index is 12.6. The van der Waals surface area contributed by atoms with Crippen LogP contribution in [0.4, 0.5) is 0 Å². The van der Waals surface area contributed by atoms with Gasteiger partial charge in [0.15, 0.2) is 11.7 Å². The molecule has 0 saturated heterocycles. The highest BCUT2D eigenvalue weighted by molar-refractivity contribution is 8.14. The second-order valence-corrected chi connectivity index (χ2v) is 6.27. The minimum Gasteiger partial charge on any atom is -0.480 e. The molecule has 0 aliphatic carbocycles. The molecule has 0 spiro atoms. The van der Waals surface area contributed by atoms with Gasteiger partial charge in [-0.15, -0.1) is 0 Å². The van der Waals surface area contributed by atoms with E-state index in [1.807, 2.05) is 6.07 Å². The Bertz CT molecular complexity index is 882. The zero-order valence-corrected chi connectivity index (χ0v) is 13.6. The molecule has 1 aromatic carbocycles. The van der Waals surface area contributed by atoms with E-state index >= 15 is 0 Å². The summed E-state index contributed by atoms with van der Waals surface area (Å²) in [5.41, 5.74) is 1.70. The first-order chi connectivity index (χ1) is 12.0. The van der Waals surface area contributed by atoms with E-state index < -0.39 is 35.2 Å². The summed E-state index contributed by atoms with van der Waals surface area (Å²) in [6.07, 6.45) is 3.24. The number of ketones is 1. The van der Waals surface area contributed by atoms with Crippen LogP contribution in [0.1, 0.15) is 10.4 Å². The van der Waals surface area contributed by atoms with Gasteiger partial charge in [0, 0.05) is 28.4 Å². The van der Waals surface area contributed by atoms with E-state index in [9.17, 15) is 19.2 Å². The molecule has 2 aromatic rings. The van der Waals surface area contributed by atoms with Gasteiger partial charge < -0.3 is 10.4 Å². The van der Waals surface area contributed by atoms with Gasteiger partial charge in [-0.1, -0.05) is 24.3 Å². The molecular weight excluding hydrogens is 344 g/mol. The van der Waals surface area contributed by atoms with Crippen LogP contribution in [0, 0.1) is 5.92 Å². The second-order valence-electron chi connectivity index (χ2n) is 5.25. The van der Waals surface area contributed by atoms with E-state index in [4.69, 9.17) is 5.11 Å². The summed E-state index contributed by atoms with van der Waals surface area (Å²) in [6, 6.07) is 8.54. The molecule has 0 fully saturated rings. The fraction of sp³-hybridized carbons (Fsp3) is 0.118. The number of aromatic nitrogens is 1. The predicted molar refractivity (Wildman–Crippen MR) is 89.0 cm³/mol. The van der Waals surface area contributed by atoms with Gasteiger partial charge in [0.25, 0.3) is 0 Å². The number of aliphatic carboxylic acids is 1. The molecule has 2 N–H and O–H groups in total. The smallest absolute Gasteiger partial charge is 0.322 e. The second kappa shape index (κ2) is 6.86. The molecule has 1 aromatic heterocycles. The van der Waals surface area contributed by atoms with Gasteiger partial charge in [0.2, 0.25) is 11.0 Å². The summed E-state index contributed by atoms with van der Waals surface area (Å²) in [6.45, 7) is -0.650. The van der Waals surface area contributed by atoms with Crippen molar-refractivity contribution in [1.82, 2.24) is 10.3 Å². The van der Waals surface area contributed by atoms with E-state index in [0.717, 1.165) is 17.3 Å². The van der Waals surface area contributed by atoms with Gasteiger partial charge in [-0.3, -0.25) is 24.2 Å². The first-order valence-electron chi connectivity index (χ1n) is 7.28. The van der Waals surface area contributed by atoms with Gasteiger partial charge in [-0.05, 0) is 23.4 Å². The summed E-state index contributed by atoms with van der Waals surface area (Å²) in [5, 5.41) is 10.1. The van der Waals surface area contributed by atoms with Gasteiger partial charge in [0.05, 0.1) is 0 Å². The van der Waals surface area contributed by atoms with E-state index in [2.05, 4.69) is 10.3 Å². The Hall–Kier alpha value is -3.00. The standard InChI is InChI=1S/C17H12N2O5S/c20-12(21)8-19-16(23)13-14(22)11-5-1-4-10(15(11)25-17(13)24)9-3-2-6-18-7-9/h1-7,13H,8H2,(H,19,23)(H,20,21).